The zero-order chi connectivity index (χ0) is 29.9. The Bertz CT molecular complexity index is 918. The third-order valence-corrected chi connectivity index (χ3v) is 7.26. The summed E-state index contributed by atoms with van der Waals surface area (Å²) in [4.78, 5) is 40.5. The summed E-state index contributed by atoms with van der Waals surface area (Å²) in [6, 6.07) is 6.93. The minimum Gasteiger partial charge on any atom is -0.325 e. The van der Waals surface area contributed by atoms with E-state index in [1.807, 2.05) is 12.1 Å². The van der Waals surface area contributed by atoms with E-state index < -0.39 is 17.8 Å². The zero-order valence-corrected chi connectivity index (χ0v) is 25.1. The van der Waals surface area contributed by atoms with Crippen LogP contribution in [-0.4, -0.2) is 120 Å². The van der Waals surface area contributed by atoms with Crippen LogP contribution < -0.4 is 42.5 Å². The van der Waals surface area contributed by atoms with Gasteiger partial charge in [-0.3, -0.25) is 9.59 Å². The largest absolute Gasteiger partial charge is 0.363 e. The molecule has 13 heteroatoms. The molecular formula is C29H51N9O4. The topological polar surface area (TPSA) is 160 Å². The molecule has 2 amide bonds. The number of carbonyl (C=O) groups excluding carboxylic acids is 3. The second-order valence-corrected chi connectivity index (χ2v) is 10.8. The van der Waals surface area contributed by atoms with E-state index in [0.29, 0.717) is 17.2 Å². The molecule has 2 aliphatic rings. The molecule has 0 aromatic heterocycles. The van der Waals surface area contributed by atoms with Crippen molar-refractivity contribution in [1.82, 2.24) is 47.6 Å². The second-order valence-electron chi connectivity index (χ2n) is 10.8. The summed E-state index contributed by atoms with van der Waals surface area (Å²) in [5, 5.41) is 29.1. The summed E-state index contributed by atoms with van der Waals surface area (Å²) in [6.45, 7) is 15.8. The molecule has 0 spiro atoms. The molecule has 0 radical (unpaired) electrons. The highest BCUT2D eigenvalue weighted by Gasteiger charge is 2.33. The molecule has 2 fully saturated rings. The van der Waals surface area contributed by atoms with Crippen molar-refractivity contribution in [2.24, 2.45) is 0 Å². The maximum atomic E-state index is 12.2. The summed E-state index contributed by atoms with van der Waals surface area (Å²) >= 11 is 0. The highest BCUT2D eigenvalue weighted by Crippen LogP contribution is 2.14. The van der Waals surface area contributed by atoms with Gasteiger partial charge in [-0.25, -0.2) is 4.79 Å². The number of hydroxylamine groups is 2. The van der Waals surface area contributed by atoms with E-state index in [-0.39, 0.29) is 18.4 Å². The molecule has 0 unspecified atom stereocenters. The number of nitrogens with one attached hydrogen (secondary N) is 8. The normalized spacial score (nSPS) is 19.0. The fourth-order valence-corrected chi connectivity index (χ4v) is 4.94. The third-order valence-electron chi connectivity index (χ3n) is 7.26. The van der Waals surface area contributed by atoms with E-state index in [2.05, 4.69) is 49.5 Å². The SMILES string of the molecule is CCNC1(CNCCNCCNCc2ccc(C(=O)ON3C(=O)CCC3=O)cc2)CNCCNCCCNCCNC1. The van der Waals surface area contributed by atoms with E-state index in [1.165, 1.54) is 0 Å². The number of benzene rings is 1. The summed E-state index contributed by atoms with van der Waals surface area (Å²) in [7, 11) is 0. The van der Waals surface area contributed by atoms with Gasteiger partial charge in [-0.05, 0) is 43.8 Å². The van der Waals surface area contributed by atoms with Crippen molar-refractivity contribution in [3.63, 3.8) is 0 Å². The Kier molecular flexibility index (Phi) is 15.9. The monoisotopic (exact) mass is 589 g/mol. The van der Waals surface area contributed by atoms with E-state index in [1.54, 1.807) is 12.1 Å². The third kappa shape index (κ3) is 12.4. The van der Waals surface area contributed by atoms with Crippen LogP contribution >= 0.6 is 0 Å². The first kappa shape index (κ1) is 34.0. The number of nitrogens with zero attached hydrogens (tertiary/aromatic N) is 1. The second kappa shape index (κ2) is 19.7. The molecule has 1 aromatic carbocycles. The van der Waals surface area contributed by atoms with Crippen LogP contribution in [0.25, 0.3) is 0 Å². The number of amides is 2. The van der Waals surface area contributed by atoms with Gasteiger partial charge in [-0.2, -0.15) is 0 Å². The predicted molar refractivity (Wildman–Crippen MR) is 163 cm³/mol. The van der Waals surface area contributed by atoms with Gasteiger partial charge in [0, 0.05) is 91.4 Å². The van der Waals surface area contributed by atoms with Gasteiger partial charge in [0.25, 0.3) is 11.8 Å². The maximum absolute atomic E-state index is 12.2. The lowest BCUT2D eigenvalue weighted by molar-refractivity contribution is -0.172. The molecule has 13 nitrogen and oxygen atoms in total. The van der Waals surface area contributed by atoms with Crippen LogP contribution in [0.3, 0.4) is 0 Å². The Morgan fingerprint density at radius 1 is 0.810 bits per heavy atom. The van der Waals surface area contributed by atoms with E-state index in [9.17, 15) is 14.4 Å². The Morgan fingerprint density at radius 2 is 1.38 bits per heavy atom. The van der Waals surface area contributed by atoms with Gasteiger partial charge < -0.3 is 47.4 Å². The van der Waals surface area contributed by atoms with Gasteiger partial charge in [-0.15, -0.1) is 5.06 Å². The average Bonchev–Trinajstić information content (AvgIpc) is 3.31. The number of imide groups is 1. The Labute approximate surface area is 250 Å². The lowest BCUT2D eigenvalue weighted by Crippen LogP contribution is -2.64. The van der Waals surface area contributed by atoms with Crippen LogP contribution in [0, 0.1) is 0 Å². The summed E-state index contributed by atoms with van der Waals surface area (Å²) in [5.41, 5.74) is 1.25. The number of carbonyl (C=O) groups is 3. The fraction of sp³-hybridized carbons (Fsp3) is 0.690. The van der Waals surface area contributed by atoms with Crippen LogP contribution in [-0.2, 0) is 21.0 Å². The van der Waals surface area contributed by atoms with Crippen LogP contribution in [0.2, 0.25) is 0 Å². The molecule has 0 saturated carbocycles. The molecule has 2 aliphatic heterocycles. The lowest BCUT2D eigenvalue weighted by Gasteiger charge is -2.36. The number of hydrogen-bond donors (Lipinski definition) is 8. The molecule has 8 N–H and O–H groups in total. The number of hydrogen-bond acceptors (Lipinski definition) is 12. The van der Waals surface area contributed by atoms with Gasteiger partial charge in [0.05, 0.1) is 11.1 Å². The zero-order valence-electron chi connectivity index (χ0n) is 25.1. The van der Waals surface area contributed by atoms with E-state index in [0.717, 1.165) is 104 Å². The summed E-state index contributed by atoms with van der Waals surface area (Å²) in [6.07, 6.45) is 1.30. The smallest absolute Gasteiger partial charge is 0.325 e. The standard InChI is InChI=1S/C29H51N9O4/c1-2-37-29(21-34-17-13-30-10-3-11-31-14-18-35-22-29)23-36-19-15-32-12-16-33-20-24-4-6-25(7-5-24)28(41)42-38-26(39)8-9-27(38)40/h4-7,30-37H,2-3,8-23H2,1H3. The van der Waals surface area contributed by atoms with Gasteiger partial charge in [0.2, 0.25) is 0 Å². The minimum absolute atomic E-state index is 0.0598. The number of likely N-dealkylation sites (N-methyl/N-ethyl adjacent to an activating group) is 1. The van der Waals surface area contributed by atoms with Crippen molar-refractivity contribution >= 4 is 17.8 Å². The van der Waals surface area contributed by atoms with E-state index >= 15 is 0 Å². The molecule has 236 valence electrons. The minimum atomic E-state index is -0.716. The summed E-state index contributed by atoms with van der Waals surface area (Å²) in [5.74, 6) is -1.69. The number of rotatable bonds is 14. The van der Waals surface area contributed by atoms with Gasteiger partial charge in [0.15, 0.2) is 0 Å². The van der Waals surface area contributed by atoms with E-state index in [4.69, 9.17) is 4.84 Å². The Balaban J connectivity index is 1.28. The molecular weight excluding hydrogens is 538 g/mol. The van der Waals surface area contributed by atoms with Gasteiger partial charge in [-0.1, -0.05) is 19.1 Å². The average molecular weight is 590 g/mol. The molecule has 1 aromatic rings. The van der Waals surface area contributed by atoms with Gasteiger partial charge >= 0.3 is 5.97 Å². The van der Waals surface area contributed by atoms with Crippen molar-refractivity contribution in [3.8, 4) is 0 Å². The first-order valence-corrected chi connectivity index (χ1v) is 15.4. The lowest BCUT2D eigenvalue weighted by atomic mass is 9.98. The van der Waals surface area contributed by atoms with Crippen molar-refractivity contribution in [3.05, 3.63) is 35.4 Å². The molecule has 3 rings (SSSR count). The predicted octanol–water partition coefficient (Wildman–Crippen LogP) is -1.71. The first-order chi connectivity index (χ1) is 20.5. The van der Waals surface area contributed by atoms with Crippen LogP contribution in [0.15, 0.2) is 24.3 Å². The van der Waals surface area contributed by atoms with Crippen LogP contribution in [0.1, 0.15) is 42.1 Å². The van der Waals surface area contributed by atoms with Crippen molar-refractivity contribution < 1.29 is 19.2 Å². The van der Waals surface area contributed by atoms with Crippen LogP contribution in [0.4, 0.5) is 0 Å². The van der Waals surface area contributed by atoms with Crippen molar-refractivity contribution in [1.29, 1.82) is 0 Å². The van der Waals surface area contributed by atoms with Gasteiger partial charge in [0.1, 0.15) is 0 Å². The van der Waals surface area contributed by atoms with Crippen molar-refractivity contribution in [2.75, 3.05) is 91.6 Å². The maximum Gasteiger partial charge on any atom is 0.363 e. The molecule has 2 heterocycles. The van der Waals surface area contributed by atoms with Crippen LogP contribution in [0.5, 0.6) is 0 Å². The first-order valence-electron chi connectivity index (χ1n) is 15.4. The van der Waals surface area contributed by atoms with Crippen molar-refractivity contribution in [2.45, 2.75) is 38.3 Å². The molecule has 0 bridgehead atoms. The molecule has 0 atom stereocenters. The highest BCUT2D eigenvalue weighted by atomic mass is 16.7. The quantitative estimate of drug-likeness (QED) is 0.0918. The highest BCUT2D eigenvalue weighted by molar-refractivity contribution is 6.02. The fourth-order valence-electron chi connectivity index (χ4n) is 4.94. The Morgan fingerprint density at radius 3 is 2.00 bits per heavy atom. The molecule has 2 saturated heterocycles. The Hall–Kier alpha value is -2.49. The molecule has 0 aliphatic carbocycles. The molecule has 42 heavy (non-hydrogen) atoms. The summed E-state index contributed by atoms with van der Waals surface area (Å²) < 4.78 is 0.